The fraction of sp³-hybridized carbons (Fsp3) is 0.333. The maximum absolute atomic E-state index is 11.3. The molecular formula is C15H20N4O. The van der Waals surface area contributed by atoms with E-state index in [0.29, 0.717) is 0 Å². The summed E-state index contributed by atoms with van der Waals surface area (Å²) in [4.78, 5) is 11.3. The summed E-state index contributed by atoms with van der Waals surface area (Å²) in [7, 11) is 1.62. The number of likely N-dealkylation sites (N-methyl/N-ethyl adjacent to an activating group) is 1. The van der Waals surface area contributed by atoms with Gasteiger partial charge in [0.25, 0.3) is 0 Å². The van der Waals surface area contributed by atoms with Crippen molar-refractivity contribution in [2.24, 2.45) is 0 Å². The van der Waals surface area contributed by atoms with Gasteiger partial charge in [-0.05, 0) is 30.5 Å². The highest BCUT2D eigenvalue weighted by Crippen LogP contribution is 2.15. The highest BCUT2D eigenvalue weighted by Gasteiger charge is 2.05. The van der Waals surface area contributed by atoms with Crippen molar-refractivity contribution < 1.29 is 4.79 Å². The Labute approximate surface area is 119 Å². The number of carbonyl (C=O) groups excluding carboxylic acids is 1. The van der Waals surface area contributed by atoms with Gasteiger partial charge in [-0.2, -0.15) is 5.10 Å². The van der Waals surface area contributed by atoms with Gasteiger partial charge in [-0.1, -0.05) is 18.2 Å². The number of aromatic nitrogens is 2. The lowest BCUT2D eigenvalue weighted by atomic mass is 10.0. The zero-order chi connectivity index (χ0) is 14.5. The molecule has 2 N–H and O–H groups in total. The van der Waals surface area contributed by atoms with Crippen LogP contribution in [-0.4, -0.2) is 22.7 Å². The standard InChI is InChI=1S/C15H20N4O/c1-11-5-4-6-12(2)14(11)8-17-13-7-18-19(9-13)10-15(20)16-3/h4-7,9,17H,8,10H2,1-3H3,(H,16,20). The molecule has 0 unspecified atom stereocenters. The largest absolute Gasteiger partial charge is 0.378 e. The Morgan fingerprint density at radius 2 is 2.00 bits per heavy atom. The number of carbonyl (C=O) groups is 1. The average molecular weight is 272 g/mol. The topological polar surface area (TPSA) is 59.0 Å². The van der Waals surface area contributed by atoms with E-state index in [1.54, 1.807) is 17.9 Å². The quantitative estimate of drug-likeness (QED) is 0.873. The molecule has 2 aromatic rings. The Morgan fingerprint density at radius 1 is 1.30 bits per heavy atom. The Bertz CT molecular complexity index is 583. The van der Waals surface area contributed by atoms with Crippen molar-refractivity contribution in [2.45, 2.75) is 26.9 Å². The van der Waals surface area contributed by atoms with Gasteiger partial charge in [-0.3, -0.25) is 9.48 Å². The first kappa shape index (κ1) is 14.1. The Morgan fingerprint density at radius 3 is 2.65 bits per heavy atom. The third-order valence-electron chi connectivity index (χ3n) is 3.33. The Kier molecular flexibility index (Phi) is 4.40. The van der Waals surface area contributed by atoms with Crippen LogP contribution in [0.25, 0.3) is 0 Å². The number of nitrogens with one attached hydrogen (secondary N) is 2. The van der Waals surface area contributed by atoms with E-state index >= 15 is 0 Å². The molecule has 1 heterocycles. The third-order valence-corrected chi connectivity index (χ3v) is 3.33. The molecule has 1 amide bonds. The second-order valence-electron chi connectivity index (χ2n) is 4.82. The molecule has 0 spiro atoms. The van der Waals surface area contributed by atoms with Gasteiger partial charge in [0.05, 0.1) is 11.9 Å². The van der Waals surface area contributed by atoms with E-state index in [1.807, 2.05) is 6.20 Å². The van der Waals surface area contributed by atoms with Crippen molar-refractivity contribution in [1.82, 2.24) is 15.1 Å². The molecule has 2 rings (SSSR count). The van der Waals surface area contributed by atoms with Crippen molar-refractivity contribution in [3.63, 3.8) is 0 Å². The van der Waals surface area contributed by atoms with E-state index in [0.717, 1.165) is 12.2 Å². The van der Waals surface area contributed by atoms with Crippen LogP contribution < -0.4 is 10.6 Å². The molecule has 106 valence electrons. The second kappa shape index (κ2) is 6.23. The molecule has 0 saturated heterocycles. The monoisotopic (exact) mass is 272 g/mol. The molecule has 1 aromatic heterocycles. The molecule has 5 nitrogen and oxygen atoms in total. The van der Waals surface area contributed by atoms with Crippen LogP contribution in [0.3, 0.4) is 0 Å². The highest BCUT2D eigenvalue weighted by atomic mass is 16.1. The van der Waals surface area contributed by atoms with Gasteiger partial charge in [-0.15, -0.1) is 0 Å². The summed E-state index contributed by atoms with van der Waals surface area (Å²) < 4.78 is 1.62. The summed E-state index contributed by atoms with van der Waals surface area (Å²) in [5.41, 5.74) is 4.76. The van der Waals surface area contributed by atoms with Crippen LogP contribution in [0.15, 0.2) is 30.6 Å². The molecule has 0 radical (unpaired) electrons. The van der Waals surface area contributed by atoms with Crippen LogP contribution in [0.1, 0.15) is 16.7 Å². The molecule has 5 heteroatoms. The van der Waals surface area contributed by atoms with Crippen LogP contribution >= 0.6 is 0 Å². The van der Waals surface area contributed by atoms with Crippen LogP contribution in [-0.2, 0) is 17.9 Å². The third kappa shape index (κ3) is 3.38. The number of nitrogens with zero attached hydrogens (tertiary/aromatic N) is 2. The predicted molar refractivity (Wildman–Crippen MR) is 79.5 cm³/mol. The van der Waals surface area contributed by atoms with Gasteiger partial charge in [-0.25, -0.2) is 0 Å². The molecule has 0 atom stereocenters. The van der Waals surface area contributed by atoms with E-state index in [1.165, 1.54) is 16.7 Å². The Hall–Kier alpha value is -2.30. The van der Waals surface area contributed by atoms with E-state index in [4.69, 9.17) is 0 Å². The van der Waals surface area contributed by atoms with Crippen LogP contribution in [0.2, 0.25) is 0 Å². The molecular weight excluding hydrogens is 252 g/mol. The molecule has 0 bridgehead atoms. The average Bonchev–Trinajstić information content (AvgIpc) is 2.85. The smallest absolute Gasteiger partial charge is 0.241 e. The summed E-state index contributed by atoms with van der Waals surface area (Å²) in [5.74, 6) is -0.0607. The summed E-state index contributed by atoms with van der Waals surface area (Å²) in [6, 6.07) is 6.29. The van der Waals surface area contributed by atoms with Gasteiger partial charge < -0.3 is 10.6 Å². The zero-order valence-electron chi connectivity index (χ0n) is 12.1. The second-order valence-corrected chi connectivity index (χ2v) is 4.82. The summed E-state index contributed by atoms with van der Waals surface area (Å²) in [5, 5.41) is 10.1. The van der Waals surface area contributed by atoms with Gasteiger partial charge in [0.15, 0.2) is 0 Å². The van der Waals surface area contributed by atoms with Crippen molar-refractivity contribution in [3.8, 4) is 0 Å². The lowest BCUT2D eigenvalue weighted by Gasteiger charge is -2.10. The fourth-order valence-corrected chi connectivity index (χ4v) is 2.09. The van der Waals surface area contributed by atoms with Crippen molar-refractivity contribution in [3.05, 3.63) is 47.3 Å². The van der Waals surface area contributed by atoms with E-state index < -0.39 is 0 Å². The maximum Gasteiger partial charge on any atom is 0.241 e. The van der Waals surface area contributed by atoms with Gasteiger partial charge in [0.2, 0.25) is 5.91 Å². The number of hydrogen-bond acceptors (Lipinski definition) is 3. The lowest BCUT2D eigenvalue weighted by Crippen LogP contribution is -2.23. The number of rotatable bonds is 5. The maximum atomic E-state index is 11.3. The summed E-state index contributed by atoms with van der Waals surface area (Å²) in [6.07, 6.45) is 3.57. The number of aryl methyl sites for hydroxylation is 2. The number of benzene rings is 1. The minimum absolute atomic E-state index is 0.0607. The minimum Gasteiger partial charge on any atom is -0.378 e. The molecule has 0 aliphatic carbocycles. The SMILES string of the molecule is CNC(=O)Cn1cc(NCc2c(C)cccc2C)cn1. The van der Waals surface area contributed by atoms with Gasteiger partial charge in [0.1, 0.15) is 6.54 Å². The van der Waals surface area contributed by atoms with Crippen molar-refractivity contribution in [2.75, 3.05) is 12.4 Å². The predicted octanol–water partition coefficient (Wildman–Crippen LogP) is 1.86. The molecule has 0 fully saturated rings. The number of hydrogen-bond donors (Lipinski definition) is 2. The van der Waals surface area contributed by atoms with Crippen LogP contribution in [0, 0.1) is 13.8 Å². The first-order valence-corrected chi connectivity index (χ1v) is 6.62. The van der Waals surface area contributed by atoms with Gasteiger partial charge in [0, 0.05) is 19.8 Å². The molecule has 0 aliphatic heterocycles. The number of anilines is 1. The molecule has 0 saturated carbocycles. The fourth-order valence-electron chi connectivity index (χ4n) is 2.09. The van der Waals surface area contributed by atoms with E-state index in [9.17, 15) is 4.79 Å². The van der Waals surface area contributed by atoms with Crippen LogP contribution in [0.5, 0.6) is 0 Å². The van der Waals surface area contributed by atoms with Gasteiger partial charge >= 0.3 is 0 Å². The number of amides is 1. The highest BCUT2D eigenvalue weighted by molar-refractivity contribution is 5.75. The molecule has 0 aliphatic rings. The van der Waals surface area contributed by atoms with Crippen LogP contribution in [0.4, 0.5) is 5.69 Å². The van der Waals surface area contributed by atoms with Crippen molar-refractivity contribution >= 4 is 11.6 Å². The summed E-state index contributed by atoms with van der Waals surface area (Å²) >= 11 is 0. The summed E-state index contributed by atoms with van der Waals surface area (Å²) in [6.45, 7) is 5.21. The molecule has 20 heavy (non-hydrogen) atoms. The molecule has 1 aromatic carbocycles. The lowest BCUT2D eigenvalue weighted by molar-refractivity contribution is -0.121. The zero-order valence-corrected chi connectivity index (χ0v) is 12.1. The van der Waals surface area contributed by atoms with Crippen molar-refractivity contribution in [1.29, 1.82) is 0 Å². The van der Waals surface area contributed by atoms with E-state index in [2.05, 4.69) is 47.8 Å². The first-order chi connectivity index (χ1) is 9.60. The van der Waals surface area contributed by atoms with E-state index in [-0.39, 0.29) is 12.5 Å². The normalized spacial score (nSPS) is 10.3. The minimum atomic E-state index is -0.0607. The Balaban J connectivity index is 1.99. The first-order valence-electron chi connectivity index (χ1n) is 6.62.